The van der Waals surface area contributed by atoms with Crippen LogP contribution in [0.25, 0.3) is 0 Å². The third-order valence-electron chi connectivity index (χ3n) is 4.83. The van der Waals surface area contributed by atoms with Crippen molar-refractivity contribution in [2.24, 2.45) is 5.92 Å². The molecule has 0 aliphatic carbocycles. The van der Waals surface area contributed by atoms with Crippen molar-refractivity contribution in [1.82, 2.24) is 10.2 Å². The molecule has 0 bridgehead atoms. The number of hydrogen-bond donors (Lipinski definition) is 1. The van der Waals surface area contributed by atoms with Gasteiger partial charge in [0.05, 0.1) is 5.02 Å². The molecule has 7 heteroatoms. The average molecular weight is 407 g/mol. The summed E-state index contributed by atoms with van der Waals surface area (Å²) in [6.45, 7) is 1.32. The monoisotopic (exact) mass is 406 g/mol. The van der Waals surface area contributed by atoms with Crippen molar-refractivity contribution in [2.45, 2.75) is 25.8 Å². The van der Waals surface area contributed by atoms with Gasteiger partial charge in [-0.25, -0.2) is 8.78 Å². The Labute approximate surface area is 167 Å². The Morgan fingerprint density at radius 2 is 2.00 bits per heavy atom. The van der Waals surface area contributed by atoms with Gasteiger partial charge in [-0.1, -0.05) is 23.7 Å². The lowest BCUT2D eigenvalue weighted by molar-refractivity contribution is -0.122. The van der Waals surface area contributed by atoms with Crippen LogP contribution < -0.4 is 5.32 Å². The zero-order chi connectivity index (χ0) is 20.1. The molecule has 1 aliphatic rings. The van der Waals surface area contributed by atoms with E-state index >= 15 is 0 Å². The molecule has 1 fully saturated rings. The van der Waals surface area contributed by atoms with Crippen LogP contribution in [0.3, 0.4) is 0 Å². The molecule has 2 amide bonds. The van der Waals surface area contributed by atoms with Crippen LogP contribution in [0, 0.1) is 17.6 Å². The first-order chi connectivity index (χ1) is 13.4. The first-order valence-corrected chi connectivity index (χ1v) is 9.55. The van der Waals surface area contributed by atoms with Crippen LogP contribution in [0.4, 0.5) is 8.78 Å². The molecule has 0 radical (unpaired) electrons. The van der Waals surface area contributed by atoms with Crippen molar-refractivity contribution < 1.29 is 18.4 Å². The summed E-state index contributed by atoms with van der Waals surface area (Å²) in [4.78, 5) is 26.5. The normalized spacial score (nSPS) is 16.7. The Hall–Kier alpha value is -2.47. The van der Waals surface area contributed by atoms with Crippen LogP contribution in [-0.4, -0.2) is 29.8 Å². The number of nitrogens with zero attached hydrogens (tertiary/aromatic N) is 1. The van der Waals surface area contributed by atoms with Gasteiger partial charge in [0, 0.05) is 31.6 Å². The summed E-state index contributed by atoms with van der Waals surface area (Å²) >= 11 is 5.74. The van der Waals surface area contributed by atoms with Gasteiger partial charge in [0.1, 0.15) is 11.6 Å². The van der Waals surface area contributed by atoms with Crippen LogP contribution in [0.1, 0.15) is 35.2 Å². The summed E-state index contributed by atoms with van der Waals surface area (Å²) in [6.07, 6.45) is 1.94. The van der Waals surface area contributed by atoms with Gasteiger partial charge in [-0.2, -0.15) is 0 Å². The van der Waals surface area contributed by atoms with Crippen molar-refractivity contribution >= 4 is 23.4 Å². The van der Waals surface area contributed by atoms with Crippen LogP contribution >= 0.6 is 11.6 Å². The quantitative estimate of drug-likeness (QED) is 0.809. The number of halogens is 3. The Bertz CT molecular complexity index is 875. The topological polar surface area (TPSA) is 49.4 Å². The van der Waals surface area contributed by atoms with E-state index in [4.69, 9.17) is 11.6 Å². The summed E-state index contributed by atoms with van der Waals surface area (Å²) < 4.78 is 26.5. The second-order valence-electron chi connectivity index (χ2n) is 7.00. The lowest BCUT2D eigenvalue weighted by Crippen LogP contribution is -2.41. The zero-order valence-electron chi connectivity index (χ0n) is 15.3. The minimum Gasteiger partial charge on any atom is -0.352 e. The lowest BCUT2D eigenvalue weighted by Gasteiger charge is -2.32. The molecule has 1 aliphatic heterocycles. The number of nitrogens with one attached hydrogen (secondary N) is 1. The van der Waals surface area contributed by atoms with E-state index in [1.807, 2.05) is 0 Å². The summed E-state index contributed by atoms with van der Waals surface area (Å²) in [7, 11) is 0. The molecule has 1 saturated heterocycles. The van der Waals surface area contributed by atoms with Gasteiger partial charge in [-0.15, -0.1) is 0 Å². The van der Waals surface area contributed by atoms with E-state index in [0.717, 1.165) is 12.8 Å². The maximum atomic E-state index is 13.4. The highest BCUT2D eigenvalue weighted by atomic mass is 35.5. The molecular formula is C21H21ClF2N2O2. The molecule has 28 heavy (non-hydrogen) atoms. The predicted molar refractivity (Wildman–Crippen MR) is 103 cm³/mol. The van der Waals surface area contributed by atoms with E-state index in [1.165, 1.54) is 30.3 Å². The number of hydrogen-bond acceptors (Lipinski definition) is 2. The SMILES string of the molecule is O=C(CC1CCCN(C(=O)c2cccc(F)c2)C1)NCc1ccc(F)c(Cl)c1. The highest BCUT2D eigenvalue weighted by Gasteiger charge is 2.26. The molecule has 2 aromatic carbocycles. The largest absolute Gasteiger partial charge is 0.352 e. The number of rotatable bonds is 5. The van der Waals surface area contributed by atoms with Crippen molar-refractivity contribution in [1.29, 1.82) is 0 Å². The van der Waals surface area contributed by atoms with Crippen LogP contribution in [0.2, 0.25) is 5.02 Å². The van der Waals surface area contributed by atoms with Gasteiger partial charge in [0.25, 0.3) is 5.91 Å². The molecule has 0 aromatic heterocycles. The number of likely N-dealkylation sites (tertiary alicyclic amines) is 1. The minimum absolute atomic E-state index is 0.0190. The van der Waals surface area contributed by atoms with E-state index in [1.54, 1.807) is 17.0 Å². The number of carbonyl (C=O) groups is 2. The molecule has 0 spiro atoms. The van der Waals surface area contributed by atoms with Gasteiger partial charge in [-0.3, -0.25) is 9.59 Å². The zero-order valence-corrected chi connectivity index (χ0v) is 16.0. The molecular weight excluding hydrogens is 386 g/mol. The summed E-state index contributed by atoms with van der Waals surface area (Å²) in [5, 5.41) is 2.82. The maximum absolute atomic E-state index is 13.4. The number of carbonyl (C=O) groups excluding carboxylic acids is 2. The first-order valence-electron chi connectivity index (χ1n) is 9.18. The van der Waals surface area contributed by atoms with Gasteiger partial charge in [0.2, 0.25) is 5.91 Å². The second kappa shape index (κ2) is 9.15. The average Bonchev–Trinajstić information content (AvgIpc) is 2.68. The fourth-order valence-electron chi connectivity index (χ4n) is 3.40. The van der Waals surface area contributed by atoms with Gasteiger partial charge < -0.3 is 10.2 Å². The van der Waals surface area contributed by atoms with Crippen LogP contribution in [0.15, 0.2) is 42.5 Å². The van der Waals surface area contributed by atoms with Gasteiger partial charge >= 0.3 is 0 Å². The molecule has 148 valence electrons. The Balaban J connectivity index is 1.52. The summed E-state index contributed by atoms with van der Waals surface area (Å²) in [5.41, 5.74) is 1.03. The summed E-state index contributed by atoms with van der Waals surface area (Å²) in [6, 6.07) is 9.95. The highest BCUT2D eigenvalue weighted by Crippen LogP contribution is 2.22. The van der Waals surface area contributed by atoms with E-state index in [9.17, 15) is 18.4 Å². The van der Waals surface area contributed by atoms with Gasteiger partial charge in [0.15, 0.2) is 0 Å². The first kappa shape index (κ1) is 20.3. The third kappa shape index (κ3) is 5.29. The van der Waals surface area contributed by atoms with Crippen molar-refractivity contribution in [3.05, 3.63) is 70.2 Å². The Morgan fingerprint density at radius 1 is 1.18 bits per heavy atom. The Morgan fingerprint density at radius 3 is 2.75 bits per heavy atom. The summed E-state index contributed by atoms with van der Waals surface area (Å²) in [5.74, 6) is -1.25. The van der Waals surface area contributed by atoms with E-state index in [2.05, 4.69) is 5.32 Å². The van der Waals surface area contributed by atoms with E-state index in [-0.39, 0.29) is 29.3 Å². The van der Waals surface area contributed by atoms with Crippen molar-refractivity contribution in [2.75, 3.05) is 13.1 Å². The molecule has 4 nitrogen and oxygen atoms in total. The molecule has 2 aromatic rings. The molecule has 1 unspecified atom stereocenters. The number of benzene rings is 2. The molecule has 1 atom stereocenters. The standard InChI is InChI=1S/C21H21ClF2N2O2/c22-18-9-14(6-7-19(18)24)12-25-20(27)10-15-3-2-8-26(13-15)21(28)16-4-1-5-17(23)11-16/h1,4-7,9,11,15H,2-3,8,10,12-13H2,(H,25,27). The fraction of sp³-hybridized carbons (Fsp3) is 0.333. The Kier molecular flexibility index (Phi) is 6.62. The smallest absolute Gasteiger partial charge is 0.253 e. The third-order valence-corrected chi connectivity index (χ3v) is 5.12. The van der Waals surface area contributed by atoms with E-state index in [0.29, 0.717) is 30.6 Å². The lowest BCUT2D eigenvalue weighted by atomic mass is 9.94. The molecule has 1 N–H and O–H groups in total. The number of amides is 2. The molecule has 3 rings (SSSR count). The van der Waals surface area contributed by atoms with Crippen molar-refractivity contribution in [3.8, 4) is 0 Å². The second-order valence-corrected chi connectivity index (χ2v) is 7.41. The van der Waals surface area contributed by atoms with E-state index < -0.39 is 11.6 Å². The minimum atomic E-state index is -0.498. The number of piperidine rings is 1. The maximum Gasteiger partial charge on any atom is 0.253 e. The molecule has 0 saturated carbocycles. The molecule has 1 heterocycles. The van der Waals surface area contributed by atoms with Crippen molar-refractivity contribution in [3.63, 3.8) is 0 Å². The predicted octanol–water partition coefficient (Wildman–Crippen LogP) is 4.18. The van der Waals surface area contributed by atoms with Gasteiger partial charge in [-0.05, 0) is 54.7 Å². The van der Waals surface area contributed by atoms with Crippen LogP contribution in [-0.2, 0) is 11.3 Å². The highest BCUT2D eigenvalue weighted by molar-refractivity contribution is 6.30. The van der Waals surface area contributed by atoms with Crippen LogP contribution in [0.5, 0.6) is 0 Å². The fourth-order valence-corrected chi connectivity index (χ4v) is 3.61.